The number of amides is 1. The predicted octanol–water partition coefficient (Wildman–Crippen LogP) is 4.21. The number of hydrogen-bond acceptors (Lipinski definition) is 7. The monoisotopic (exact) mass is 544 g/mol. The number of para-hydroxylation sites is 1. The van der Waals surface area contributed by atoms with Crippen LogP contribution in [0, 0.1) is 0 Å². The number of nitrogens with two attached hydrogens (primary N) is 1. The van der Waals surface area contributed by atoms with Crippen molar-refractivity contribution in [2.75, 3.05) is 40.0 Å². The summed E-state index contributed by atoms with van der Waals surface area (Å²) in [4.78, 5) is 38.3. The number of nitrogens with zero attached hydrogens (tertiary/aromatic N) is 5. The van der Waals surface area contributed by atoms with Gasteiger partial charge in [0.15, 0.2) is 5.82 Å². The van der Waals surface area contributed by atoms with E-state index >= 15 is 0 Å². The van der Waals surface area contributed by atoms with Crippen LogP contribution in [0.25, 0.3) is 21.9 Å². The molecule has 0 fully saturated rings. The molecule has 2 aromatic carbocycles. The van der Waals surface area contributed by atoms with Crippen molar-refractivity contribution in [2.45, 2.75) is 52.1 Å². The molecule has 0 atom stereocenters. The molecule has 9 heteroatoms. The Kier molecular flexibility index (Phi) is 9.71. The Morgan fingerprint density at radius 2 is 1.80 bits per heavy atom. The summed E-state index contributed by atoms with van der Waals surface area (Å²) < 4.78 is 7.09. The van der Waals surface area contributed by atoms with Crippen LogP contribution in [0.4, 0.5) is 5.82 Å². The van der Waals surface area contributed by atoms with Crippen molar-refractivity contribution in [1.82, 2.24) is 24.3 Å². The molecule has 0 saturated carbocycles. The second-order valence-electron chi connectivity index (χ2n) is 10.5. The van der Waals surface area contributed by atoms with Gasteiger partial charge in [-0.15, -0.1) is 0 Å². The molecular formula is C31H40N6O3. The second-order valence-corrected chi connectivity index (χ2v) is 10.5. The summed E-state index contributed by atoms with van der Waals surface area (Å²) in [5.41, 5.74) is 10.8. The molecule has 0 aliphatic carbocycles. The minimum Gasteiger partial charge on any atom is -0.469 e. The first-order chi connectivity index (χ1) is 19.3. The maximum Gasteiger partial charge on any atom is 0.309 e. The lowest BCUT2D eigenvalue weighted by Crippen LogP contribution is -2.38. The van der Waals surface area contributed by atoms with E-state index in [-0.39, 0.29) is 18.3 Å². The molecule has 2 heterocycles. The van der Waals surface area contributed by atoms with Crippen molar-refractivity contribution in [3.05, 3.63) is 65.5 Å². The van der Waals surface area contributed by atoms with E-state index in [1.54, 1.807) is 0 Å². The van der Waals surface area contributed by atoms with E-state index < -0.39 is 0 Å². The summed E-state index contributed by atoms with van der Waals surface area (Å²) in [5.74, 6) is 1.22. The van der Waals surface area contributed by atoms with Crippen molar-refractivity contribution >= 4 is 39.6 Å². The van der Waals surface area contributed by atoms with E-state index in [0.29, 0.717) is 32.0 Å². The highest BCUT2D eigenvalue weighted by molar-refractivity contribution is 6.06. The number of likely N-dealkylation sites (N-methyl/N-ethyl adjacent to an activating group) is 1. The third-order valence-corrected chi connectivity index (χ3v) is 7.00. The number of carbonyl (C=O) groups is 2. The Bertz CT molecular complexity index is 1480. The van der Waals surface area contributed by atoms with Gasteiger partial charge >= 0.3 is 5.97 Å². The van der Waals surface area contributed by atoms with Gasteiger partial charge < -0.3 is 24.8 Å². The van der Waals surface area contributed by atoms with Crippen LogP contribution >= 0.6 is 0 Å². The predicted molar refractivity (Wildman–Crippen MR) is 159 cm³/mol. The van der Waals surface area contributed by atoms with Gasteiger partial charge in [0.2, 0.25) is 5.91 Å². The minimum atomic E-state index is -0.285. The fraction of sp³-hybridized carbons (Fsp3) is 0.419. The number of benzene rings is 2. The average Bonchev–Trinajstić information content (AvgIpc) is 3.30. The summed E-state index contributed by atoms with van der Waals surface area (Å²) >= 11 is 0. The largest absolute Gasteiger partial charge is 0.469 e. The number of hydrogen-bond donors (Lipinski definition) is 1. The molecule has 0 saturated heterocycles. The Balaban J connectivity index is 1.59. The summed E-state index contributed by atoms with van der Waals surface area (Å²) in [5, 5.41) is 1.03. The summed E-state index contributed by atoms with van der Waals surface area (Å²) in [6.07, 6.45) is 3.91. The van der Waals surface area contributed by atoms with Crippen LogP contribution in [0.3, 0.4) is 0 Å². The van der Waals surface area contributed by atoms with Gasteiger partial charge in [-0.1, -0.05) is 55.8 Å². The second kappa shape index (κ2) is 13.4. The van der Waals surface area contributed by atoms with Crippen molar-refractivity contribution in [2.24, 2.45) is 0 Å². The van der Waals surface area contributed by atoms with Crippen molar-refractivity contribution in [3.8, 4) is 0 Å². The molecule has 2 aromatic heterocycles. The number of pyridine rings is 1. The third kappa shape index (κ3) is 6.96. The molecule has 4 aromatic rings. The first-order valence-electron chi connectivity index (χ1n) is 13.9. The highest BCUT2D eigenvalue weighted by Crippen LogP contribution is 2.29. The number of fused-ring (bicyclic) bond motifs is 3. The number of rotatable bonds is 13. The maximum absolute atomic E-state index is 13.3. The minimum absolute atomic E-state index is 0.0592. The SMILES string of the molecule is CCCCc1nc2c(N)nc3ccccc3c2n1CCCN(Cc1cccc(CC(=O)OC)c1)C(=O)CN(C)C. The fourth-order valence-corrected chi connectivity index (χ4v) is 5.05. The Morgan fingerprint density at radius 1 is 1.02 bits per heavy atom. The smallest absolute Gasteiger partial charge is 0.309 e. The van der Waals surface area contributed by atoms with Crippen molar-refractivity contribution in [3.63, 3.8) is 0 Å². The van der Waals surface area contributed by atoms with Crippen LogP contribution in [0.15, 0.2) is 48.5 Å². The maximum atomic E-state index is 13.3. The summed E-state index contributed by atoms with van der Waals surface area (Å²) in [7, 11) is 5.18. The van der Waals surface area contributed by atoms with E-state index in [4.69, 9.17) is 15.5 Å². The molecule has 4 rings (SSSR count). The zero-order valence-corrected chi connectivity index (χ0v) is 24.0. The van der Waals surface area contributed by atoms with E-state index in [0.717, 1.165) is 64.6 Å². The molecule has 0 radical (unpaired) electrons. The Hall–Kier alpha value is -3.98. The Labute approximate surface area is 235 Å². The molecule has 0 aliphatic heterocycles. The quantitative estimate of drug-likeness (QED) is 0.251. The molecule has 0 unspecified atom stereocenters. The number of aromatic nitrogens is 3. The lowest BCUT2D eigenvalue weighted by atomic mass is 10.1. The number of methoxy groups -OCH3 is 1. The molecule has 1 amide bonds. The molecule has 40 heavy (non-hydrogen) atoms. The molecule has 2 N–H and O–H groups in total. The number of carbonyl (C=O) groups excluding carboxylic acids is 2. The lowest BCUT2D eigenvalue weighted by Gasteiger charge is -2.25. The van der Waals surface area contributed by atoms with Crippen molar-refractivity contribution in [1.29, 1.82) is 0 Å². The van der Waals surface area contributed by atoms with Crippen molar-refractivity contribution < 1.29 is 14.3 Å². The first-order valence-corrected chi connectivity index (χ1v) is 13.9. The van der Waals surface area contributed by atoms with Gasteiger partial charge in [0.25, 0.3) is 0 Å². The van der Waals surface area contributed by atoms with Crippen LogP contribution < -0.4 is 5.73 Å². The summed E-state index contributed by atoms with van der Waals surface area (Å²) in [6, 6.07) is 15.8. The number of ether oxygens (including phenoxy) is 1. The highest BCUT2D eigenvalue weighted by atomic mass is 16.5. The molecule has 0 bridgehead atoms. The third-order valence-electron chi connectivity index (χ3n) is 7.00. The average molecular weight is 545 g/mol. The lowest BCUT2D eigenvalue weighted by molar-refractivity contribution is -0.139. The van der Waals surface area contributed by atoms with E-state index in [9.17, 15) is 9.59 Å². The van der Waals surface area contributed by atoms with E-state index in [2.05, 4.69) is 22.5 Å². The highest BCUT2D eigenvalue weighted by Gasteiger charge is 2.19. The van der Waals surface area contributed by atoms with Gasteiger partial charge in [0, 0.05) is 31.4 Å². The van der Waals surface area contributed by atoms with Gasteiger partial charge in [0.1, 0.15) is 11.3 Å². The van der Waals surface area contributed by atoms with Gasteiger partial charge in [-0.2, -0.15) is 0 Å². The topological polar surface area (TPSA) is 107 Å². The number of esters is 1. The van der Waals surface area contributed by atoms with Crippen LogP contribution in [-0.4, -0.2) is 70.5 Å². The summed E-state index contributed by atoms with van der Waals surface area (Å²) in [6.45, 7) is 4.25. The van der Waals surface area contributed by atoms with Gasteiger partial charge in [-0.3, -0.25) is 9.59 Å². The molecule has 212 valence electrons. The van der Waals surface area contributed by atoms with Gasteiger partial charge in [-0.25, -0.2) is 9.97 Å². The molecule has 0 spiro atoms. The number of unbranched alkanes of at least 4 members (excludes halogenated alkanes) is 1. The van der Waals surface area contributed by atoms with E-state index in [1.165, 1.54) is 7.11 Å². The van der Waals surface area contributed by atoms with Crippen LogP contribution in [0.5, 0.6) is 0 Å². The first kappa shape index (κ1) is 29.0. The van der Waals surface area contributed by atoms with Gasteiger partial charge in [-0.05, 0) is 44.1 Å². The number of anilines is 1. The number of imidazole rings is 1. The molecule has 0 aliphatic rings. The normalized spacial score (nSPS) is 11.4. The van der Waals surface area contributed by atoms with E-state index in [1.807, 2.05) is 66.4 Å². The van der Waals surface area contributed by atoms with Crippen LogP contribution in [-0.2, 0) is 40.3 Å². The zero-order chi connectivity index (χ0) is 28.6. The number of nitrogen functional groups attached to an aromatic ring is 1. The molecule has 9 nitrogen and oxygen atoms in total. The van der Waals surface area contributed by atoms with Gasteiger partial charge in [0.05, 0.1) is 31.1 Å². The standard InChI is InChI=1S/C31H40N6O3/c1-5-6-15-26-34-29-30(24-13-7-8-14-25(24)33-31(29)32)37(26)17-10-16-36(27(38)21-35(2)3)20-23-12-9-11-22(18-23)19-28(39)40-4/h7-9,11-14,18H,5-6,10,15-17,19-21H2,1-4H3,(H2,32,33). The zero-order valence-electron chi connectivity index (χ0n) is 24.0. The Morgan fingerprint density at radius 3 is 2.55 bits per heavy atom. The fourth-order valence-electron chi connectivity index (χ4n) is 5.05. The molecular weight excluding hydrogens is 504 g/mol. The number of aryl methyl sites for hydroxylation is 2. The van der Waals surface area contributed by atoms with Crippen LogP contribution in [0.2, 0.25) is 0 Å². The van der Waals surface area contributed by atoms with Crippen LogP contribution in [0.1, 0.15) is 43.1 Å².